The first-order valence-corrected chi connectivity index (χ1v) is 8.95. The zero-order valence-electron chi connectivity index (χ0n) is 14.9. The van der Waals surface area contributed by atoms with E-state index in [9.17, 15) is 9.59 Å². The number of likely N-dealkylation sites (N-methyl/N-ethyl adjacent to an activating group) is 1. The molecule has 0 radical (unpaired) electrons. The van der Waals surface area contributed by atoms with Gasteiger partial charge in [0.15, 0.2) is 0 Å². The van der Waals surface area contributed by atoms with Crippen LogP contribution in [0.2, 0.25) is 0 Å². The highest BCUT2D eigenvalue weighted by Gasteiger charge is 2.23. The maximum atomic E-state index is 12.3. The Kier molecular flexibility index (Phi) is 7.25. The molecular formula is C19H29N3O2. The lowest BCUT2D eigenvalue weighted by Gasteiger charge is -2.35. The Balaban J connectivity index is 1.72. The Hall–Kier alpha value is -1.88. The van der Waals surface area contributed by atoms with Crippen LogP contribution in [-0.2, 0) is 16.0 Å². The number of benzene rings is 1. The highest BCUT2D eigenvalue weighted by Crippen LogP contribution is 2.08. The molecule has 5 heteroatoms. The molecule has 0 atom stereocenters. The highest BCUT2D eigenvalue weighted by molar-refractivity contribution is 5.78. The largest absolute Gasteiger partial charge is 0.342 e. The third-order valence-corrected chi connectivity index (χ3v) is 4.67. The van der Waals surface area contributed by atoms with E-state index in [2.05, 4.69) is 17.0 Å². The van der Waals surface area contributed by atoms with E-state index in [-0.39, 0.29) is 11.8 Å². The molecule has 2 amide bonds. The number of aryl methyl sites for hydroxylation is 1. The van der Waals surface area contributed by atoms with Crippen LogP contribution in [0.15, 0.2) is 30.3 Å². The molecule has 0 aliphatic carbocycles. The lowest BCUT2D eigenvalue weighted by Crippen LogP contribution is -2.51. The van der Waals surface area contributed by atoms with Gasteiger partial charge in [-0.05, 0) is 25.8 Å². The Morgan fingerprint density at radius 1 is 1.00 bits per heavy atom. The lowest BCUT2D eigenvalue weighted by atomic mass is 10.1. The molecule has 5 nitrogen and oxygen atoms in total. The minimum absolute atomic E-state index is 0.184. The molecule has 1 saturated heterocycles. The Morgan fingerprint density at radius 3 is 2.21 bits per heavy atom. The van der Waals surface area contributed by atoms with Crippen molar-refractivity contribution in [1.82, 2.24) is 14.7 Å². The first kappa shape index (κ1) is 18.5. The second kappa shape index (κ2) is 9.42. The molecule has 0 spiro atoms. The van der Waals surface area contributed by atoms with Crippen LogP contribution < -0.4 is 0 Å². The molecule has 132 valence electrons. The van der Waals surface area contributed by atoms with E-state index in [1.54, 1.807) is 0 Å². The average Bonchev–Trinajstić information content (AvgIpc) is 2.62. The van der Waals surface area contributed by atoms with Crippen LogP contribution in [0.25, 0.3) is 0 Å². The summed E-state index contributed by atoms with van der Waals surface area (Å²) in [4.78, 5) is 30.4. The summed E-state index contributed by atoms with van der Waals surface area (Å²) in [5, 5.41) is 0. The van der Waals surface area contributed by atoms with Gasteiger partial charge >= 0.3 is 0 Å². The summed E-state index contributed by atoms with van der Waals surface area (Å²) in [6.07, 6.45) is 1.35. The van der Waals surface area contributed by atoms with Gasteiger partial charge in [-0.2, -0.15) is 0 Å². The zero-order valence-corrected chi connectivity index (χ0v) is 14.9. The van der Waals surface area contributed by atoms with Crippen molar-refractivity contribution in [2.24, 2.45) is 0 Å². The van der Waals surface area contributed by atoms with Crippen molar-refractivity contribution in [2.45, 2.75) is 26.7 Å². The molecule has 1 aliphatic rings. The number of hydrogen-bond acceptors (Lipinski definition) is 3. The Bertz CT molecular complexity index is 521. The summed E-state index contributed by atoms with van der Waals surface area (Å²) in [7, 11) is 0. The highest BCUT2D eigenvalue weighted by atomic mass is 16.2. The van der Waals surface area contributed by atoms with Gasteiger partial charge in [-0.1, -0.05) is 30.3 Å². The van der Waals surface area contributed by atoms with Gasteiger partial charge in [-0.3, -0.25) is 14.5 Å². The van der Waals surface area contributed by atoms with Gasteiger partial charge in [0, 0.05) is 45.7 Å². The van der Waals surface area contributed by atoms with E-state index in [0.29, 0.717) is 13.0 Å². The number of amides is 2. The van der Waals surface area contributed by atoms with Crippen LogP contribution >= 0.6 is 0 Å². The number of hydrogen-bond donors (Lipinski definition) is 0. The normalized spacial score (nSPS) is 15.3. The molecule has 1 heterocycles. The van der Waals surface area contributed by atoms with Crippen molar-refractivity contribution in [3.05, 3.63) is 35.9 Å². The molecule has 24 heavy (non-hydrogen) atoms. The summed E-state index contributed by atoms with van der Waals surface area (Å²) < 4.78 is 0. The van der Waals surface area contributed by atoms with Crippen molar-refractivity contribution < 1.29 is 9.59 Å². The van der Waals surface area contributed by atoms with E-state index in [1.165, 1.54) is 5.56 Å². The van der Waals surface area contributed by atoms with Crippen molar-refractivity contribution in [2.75, 3.05) is 45.8 Å². The maximum absolute atomic E-state index is 12.3. The number of carbonyl (C=O) groups is 2. The summed E-state index contributed by atoms with van der Waals surface area (Å²) in [5.41, 5.74) is 1.20. The van der Waals surface area contributed by atoms with Crippen LogP contribution in [0.3, 0.4) is 0 Å². The van der Waals surface area contributed by atoms with Crippen molar-refractivity contribution in [3.63, 3.8) is 0 Å². The van der Waals surface area contributed by atoms with Crippen molar-refractivity contribution in [3.8, 4) is 0 Å². The number of rotatable bonds is 7. The summed E-state index contributed by atoms with van der Waals surface area (Å²) >= 11 is 0. The SMILES string of the molecule is CCN(CC)C(=O)CN1CCN(C(=O)CCc2ccccc2)CC1. The van der Waals surface area contributed by atoms with E-state index >= 15 is 0 Å². The number of carbonyl (C=O) groups excluding carboxylic acids is 2. The van der Waals surface area contributed by atoms with E-state index in [4.69, 9.17) is 0 Å². The molecule has 0 N–H and O–H groups in total. The smallest absolute Gasteiger partial charge is 0.236 e. The standard InChI is InChI=1S/C19H29N3O2/c1-3-21(4-2)19(24)16-20-12-14-22(15-13-20)18(23)11-10-17-8-6-5-7-9-17/h5-9H,3-4,10-16H2,1-2H3. The third kappa shape index (κ3) is 5.34. The van der Waals surface area contributed by atoms with Crippen LogP contribution in [0.5, 0.6) is 0 Å². The second-order valence-corrected chi connectivity index (χ2v) is 6.21. The molecule has 2 rings (SSSR count). The summed E-state index contributed by atoms with van der Waals surface area (Å²) in [6, 6.07) is 10.1. The van der Waals surface area contributed by atoms with E-state index < -0.39 is 0 Å². The zero-order chi connectivity index (χ0) is 17.4. The fraction of sp³-hybridized carbons (Fsp3) is 0.579. The predicted molar refractivity (Wildman–Crippen MR) is 95.7 cm³/mol. The molecule has 1 fully saturated rings. The van der Waals surface area contributed by atoms with Gasteiger partial charge in [0.05, 0.1) is 6.54 Å². The molecule has 0 unspecified atom stereocenters. The number of nitrogens with zero attached hydrogens (tertiary/aromatic N) is 3. The first-order valence-electron chi connectivity index (χ1n) is 8.95. The molecule has 0 bridgehead atoms. The second-order valence-electron chi connectivity index (χ2n) is 6.21. The van der Waals surface area contributed by atoms with E-state index in [0.717, 1.165) is 45.7 Å². The quantitative estimate of drug-likeness (QED) is 0.763. The van der Waals surface area contributed by atoms with Crippen LogP contribution in [0, 0.1) is 0 Å². The lowest BCUT2D eigenvalue weighted by molar-refractivity contribution is -0.135. The fourth-order valence-corrected chi connectivity index (χ4v) is 3.08. The molecule has 1 aromatic rings. The number of piperazine rings is 1. The van der Waals surface area contributed by atoms with Gasteiger partial charge in [0.25, 0.3) is 0 Å². The van der Waals surface area contributed by atoms with Gasteiger partial charge < -0.3 is 9.80 Å². The van der Waals surface area contributed by atoms with Gasteiger partial charge in [-0.25, -0.2) is 0 Å². The predicted octanol–water partition coefficient (Wildman–Crippen LogP) is 1.63. The van der Waals surface area contributed by atoms with Crippen molar-refractivity contribution in [1.29, 1.82) is 0 Å². The fourth-order valence-electron chi connectivity index (χ4n) is 3.08. The van der Waals surface area contributed by atoms with Crippen LogP contribution in [0.4, 0.5) is 0 Å². The van der Waals surface area contributed by atoms with Gasteiger partial charge in [-0.15, -0.1) is 0 Å². The summed E-state index contributed by atoms with van der Waals surface area (Å²) in [5.74, 6) is 0.400. The molecule has 0 saturated carbocycles. The van der Waals surface area contributed by atoms with Crippen molar-refractivity contribution >= 4 is 11.8 Å². The Labute approximate surface area is 145 Å². The summed E-state index contributed by atoms with van der Waals surface area (Å²) in [6.45, 7) is 9.00. The topological polar surface area (TPSA) is 43.9 Å². The maximum Gasteiger partial charge on any atom is 0.236 e. The van der Waals surface area contributed by atoms with Gasteiger partial charge in [0.1, 0.15) is 0 Å². The molecule has 0 aromatic heterocycles. The third-order valence-electron chi connectivity index (χ3n) is 4.67. The van der Waals surface area contributed by atoms with Crippen LogP contribution in [0.1, 0.15) is 25.8 Å². The minimum Gasteiger partial charge on any atom is -0.342 e. The van der Waals surface area contributed by atoms with Crippen LogP contribution in [-0.4, -0.2) is 72.3 Å². The monoisotopic (exact) mass is 331 g/mol. The van der Waals surface area contributed by atoms with Gasteiger partial charge in [0.2, 0.25) is 11.8 Å². The first-order chi connectivity index (χ1) is 11.6. The molecular weight excluding hydrogens is 302 g/mol. The average molecular weight is 331 g/mol. The molecule has 1 aliphatic heterocycles. The Morgan fingerprint density at radius 2 is 1.62 bits per heavy atom. The molecule has 1 aromatic carbocycles. The minimum atomic E-state index is 0.184. The van der Waals surface area contributed by atoms with E-state index in [1.807, 2.05) is 41.8 Å².